The van der Waals surface area contributed by atoms with Crippen LogP contribution >= 0.6 is 0 Å². The molecule has 0 radical (unpaired) electrons. The largest absolute Gasteiger partial charge is 0.382 e. The summed E-state index contributed by atoms with van der Waals surface area (Å²) in [5, 5.41) is 3.69. The zero-order chi connectivity index (χ0) is 14.4. The van der Waals surface area contributed by atoms with Crippen LogP contribution in [-0.2, 0) is 0 Å². The van der Waals surface area contributed by atoms with Crippen LogP contribution in [0.15, 0.2) is 24.3 Å². The molecule has 1 fully saturated rings. The van der Waals surface area contributed by atoms with E-state index in [1.54, 1.807) is 0 Å². The predicted octanol–water partition coefficient (Wildman–Crippen LogP) is 4.91. The van der Waals surface area contributed by atoms with Gasteiger partial charge in [-0.25, -0.2) is 0 Å². The third-order valence-corrected chi connectivity index (χ3v) is 4.59. The summed E-state index contributed by atoms with van der Waals surface area (Å²) in [7, 11) is 0. The van der Waals surface area contributed by atoms with E-state index < -0.39 is 0 Å². The van der Waals surface area contributed by atoms with Crippen LogP contribution in [0.1, 0.15) is 52.9 Å². The first-order valence-electron chi connectivity index (χ1n) is 8.34. The lowest BCUT2D eigenvalue weighted by molar-refractivity contribution is 0.462. The van der Waals surface area contributed by atoms with Crippen LogP contribution in [0.5, 0.6) is 0 Å². The van der Waals surface area contributed by atoms with E-state index in [4.69, 9.17) is 0 Å². The van der Waals surface area contributed by atoms with Crippen LogP contribution < -0.4 is 10.2 Å². The van der Waals surface area contributed by atoms with Crippen molar-refractivity contribution in [2.45, 2.75) is 58.9 Å². The molecule has 1 aromatic rings. The summed E-state index contributed by atoms with van der Waals surface area (Å²) in [6.45, 7) is 9.35. The molecule has 112 valence electrons. The van der Waals surface area contributed by atoms with Crippen LogP contribution in [0.2, 0.25) is 0 Å². The van der Waals surface area contributed by atoms with Crippen molar-refractivity contribution in [2.75, 3.05) is 23.3 Å². The van der Waals surface area contributed by atoms with Crippen molar-refractivity contribution >= 4 is 11.4 Å². The van der Waals surface area contributed by atoms with Crippen molar-refractivity contribution in [1.29, 1.82) is 0 Å². The summed E-state index contributed by atoms with van der Waals surface area (Å²) >= 11 is 0. The summed E-state index contributed by atoms with van der Waals surface area (Å²) < 4.78 is 0. The van der Waals surface area contributed by atoms with Gasteiger partial charge in [0.05, 0.1) is 0 Å². The molecular formula is C18H30N2. The first-order chi connectivity index (χ1) is 9.72. The molecule has 2 atom stereocenters. The summed E-state index contributed by atoms with van der Waals surface area (Å²) in [6, 6.07) is 9.62. The fourth-order valence-electron chi connectivity index (χ4n) is 2.96. The van der Waals surface area contributed by atoms with E-state index in [2.05, 4.69) is 55.3 Å². The molecule has 1 N–H and O–H groups in total. The Morgan fingerprint density at radius 3 is 2.25 bits per heavy atom. The second-order valence-electron chi connectivity index (χ2n) is 6.24. The minimum absolute atomic E-state index is 0.600. The molecule has 1 saturated heterocycles. The van der Waals surface area contributed by atoms with Crippen molar-refractivity contribution in [1.82, 2.24) is 0 Å². The van der Waals surface area contributed by atoms with Gasteiger partial charge in [-0.2, -0.15) is 0 Å². The molecule has 0 aromatic heterocycles. The number of nitrogens with zero attached hydrogens (tertiary/aromatic N) is 1. The molecule has 0 spiro atoms. The maximum absolute atomic E-state index is 3.69. The number of hydrogen-bond acceptors (Lipinski definition) is 2. The quantitative estimate of drug-likeness (QED) is 0.759. The van der Waals surface area contributed by atoms with E-state index in [9.17, 15) is 0 Å². The number of benzene rings is 1. The van der Waals surface area contributed by atoms with Crippen molar-refractivity contribution in [3.8, 4) is 0 Å². The molecule has 0 amide bonds. The topological polar surface area (TPSA) is 15.3 Å². The molecule has 1 aliphatic heterocycles. The average Bonchev–Trinajstić information content (AvgIpc) is 3.01. The molecular weight excluding hydrogens is 244 g/mol. The van der Waals surface area contributed by atoms with Gasteiger partial charge in [0.25, 0.3) is 0 Å². The van der Waals surface area contributed by atoms with Crippen molar-refractivity contribution in [3.63, 3.8) is 0 Å². The zero-order valence-corrected chi connectivity index (χ0v) is 13.4. The lowest BCUT2D eigenvalue weighted by Crippen LogP contribution is -2.21. The molecule has 2 nitrogen and oxygen atoms in total. The van der Waals surface area contributed by atoms with Crippen LogP contribution in [0, 0.1) is 5.92 Å². The molecule has 2 heteroatoms. The molecule has 0 aliphatic carbocycles. The monoisotopic (exact) mass is 274 g/mol. The summed E-state index contributed by atoms with van der Waals surface area (Å²) in [4.78, 5) is 2.49. The highest BCUT2D eigenvalue weighted by Crippen LogP contribution is 2.23. The Kier molecular flexibility index (Phi) is 5.75. The Labute approximate surface area is 124 Å². The third kappa shape index (κ3) is 4.16. The Morgan fingerprint density at radius 1 is 1.05 bits per heavy atom. The second-order valence-corrected chi connectivity index (χ2v) is 6.24. The van der Waals surface area contributed by atoms with Gasteiger partial charge >= 0.3 is 0 Å². The van der Waals surface area contributed by atoms with E-state index >= 15 is 0 Å². The highest BCUT2D eigenvalue weighted by molar-refractivity contribution is 5.55. The average molecular weight is 274 g/mol. The molecule has 1 aliphatic rings. The lowest BCUT2D eigenvalue weighted by Gasteiger charge is -2.22. The summed E-state index contributed by atoms with van der Waals surface area (Å²) in [5.41, 5.74) is 2.64. The van der Waals surface area contributed by atoms with E-state index in [1.807, 2.05) is 0 Å². The molecule has 1 heterocycles. The first-order valence-corrected chi connectivity index (χ1v) is 8.34. The van der Waals surface area contributed by atoms with E-state index in [-0.39, 0.29) is 0 Å². The van der Waals surface area contributed by atoms with E-state index in [0.29, 0.717) is 6.04 Å². The normalized spacial score (nSPS) is 18.1. The van der Waals surface area contributed by atoms with Crippen molar-refractivity contribution < 1.29 is 0 Å². The van der Waals surface area contributed by atoms with Gasteiger partial charge < -0.3 is 10.2 Å². The second kappa shape index (κ2) is 7.56. The zero-order valence-electron chi connectivity index (χ0n) is 13.4. The maximum atomic E-state index is 3.69. The number of rotatable bonds is 7. The molecule has 20 heavy (non-hydrogen) atoms. The summed E-state index contributed by atoms with van der Waals surface area (Å²) in [5.74, 6) is 0.802. The Balaban J connectivity index is 1.91. The Morgan fingerprint density at radius 2 is 1.70 bits per heavy atom. The molecule has 1 aromatic carbocycles. The minimum Gasteiger partial charge on any atom is -0.382 e. The minimum atomic E-state index is 0.600. The maximum Gasteiger partial charge on any atom is 0.0367 e. The van der Waals surface area contributed by atoms with Gasteiger partial charge in [-0.05, 0) is 55.9 Å². The SMILES string of the molecule is CCC(C)CC(CC)Nc1ccc(N2CCCC2)cc1. The number of nitrogens with one attached hydrogen (secondary N) is 1. The highest BCUT2D eigenvalue weighted by Gasteiger charge is 2.13. The molecule has 2 rings (SSSR count). The van der Waals surface area contributed by atoms with Crippen molar-refractivity contribution in [3.05, 3.63) is 24.3 Å². The van der Waals surface area contributed by atoms with Gasteiger partial charge in [0.2, 0.25) is 0 Å². The van der Waals surface area contributed by atoms with Gasteiger partial charge in [0.15, 0.2) is 0 Å². The fraction of sp³-hybridized carbons (Fsp3) is 0.667. The van der Waals surface area contributed by atoms with E-state index in [1.165, 1.54) is 56.6 Å². The molecule has 0 bridgehead atoms. The van der Waals surface area contributed by atoms with Crippen LogP contribution in [0.3, 0.4) is 0 Å². The third-order valence-electron chi connectivity index (χ3n) is 4.59. The van der Waals surface area contributed by atoms with Gasteiger partial charge in [0.1, 0.15) is 0 Å². The van der Waals surface area contributed by atoms with Crippen molar-refractivity contribution in [2.24, 2.45) is 5.92 Å². The summed E-state index contributed by atoms with van der Waals surface area (Å²) in [6.07, 6.45) is 6.41. The van der Waals surface area contributed by atoms with Gasteiger partial charge in [0, 0.05) is 30.5 Å². The highest BCUT2D eigenvalue weighted by atomic mass is 15.1. The molecule has 0 saturated carbocycles. The van der Waals surface area contributed by atoms with Gasteiger partial charge in [-0.3, -0.25) is 0 Å². The van der Waals surface area contributed by atoms with Gasteiger partial charge in [-0.1, -0.05) is 27.2 Å². The lowest BCUT2D eigenvalue weighted by atomic mass is 9.97. The Bertz CT molecular complexity index is 379. The predicted molar refractivity (Wildman–Crippen MR) is 89.7 cm³/mol. The first kappa shape index (κ1) is 15.2. The molecule has 2 unspecified atom stereocenters. The fourth-order valence-corrected chi connectivity index (χ4v) is 2.96. The van der Waals surface area contributed by atoms with Gasteiger partial charge in [-0.15, -0.1) is 0 Å². The van der Waals surface area contributed by atoms with Crippen LogP contribution in [0.25, 0.3) is 0 Å². The standard InChI is InChI=1S/C18H30N2/c1-4-15(3)14-16(5-2)19-17-8-10-18(11-9-17)20-12-6-7-13-20/h8-11,15-16,19H,4-7,12-14H2,1-3H3. The number of hydrogen-bond donors (Lipinski definition) is 1. The smallest absolute Gasteiger partial charge is 0.0367 e. The van der Waals surface area contributed by atoms with Crippen LogP contribution in [-0.4, -0.2) is 19.1 Å². The number of anilines is 2. The Hall–Kier alpha value is -1.18. The van der Waals surface area contributed by atoms with E-state index in [0.717, 1.165) is 5.92 Å². The van der Waals surface area contributed by atoms with Crippen LogP contribution in [0.4, 0.5) is 11.4 Å².